The molecule has 1 fully saturated rings. The van der Waals surface area contributed by atoms with E-state index >= 15 is 0 Å². The number of rotatable bonds is 2. The molecule has 1 atom stereocenters. The van der Waals surface area contributed by atoms with Gasteiger partial charge >= 0.3 is 0 Å². The van der Waals surface area contributed by atoms with Crippen molar-refractivity contribution >= 4 is 11.4 Å². The largest absolute Gasteiger partial charge is 0.378 e. The zero-order valence-corrected chi connectivity index (χ0v) is 15.5. The summed E-state index contributed by atoms with van der Waals surface area (Å²) in [5.74, 6) is 0. The molecule has 0 radical (unpaired) electrons. The van der Waals surface area contributed by atoms with E-state index in [1.54, 1.807) is 0 Å². The number of para-hydroxylation sites is 1. The lowest BCUT2D eigenvalue weighted by molar-refractivity contribution is 0.122. The number of hydrogen-bond acceptors (Lipinski definition) is 3. The minimum absolute atomic E-state index is 0.171. The maximum atomic E-state index is 5.52. The normalized spacial score (nSPS) is 22.2. The summed E-state index contributed by atoms with van der Waals surface area (Å²) in [5, 5.41) is 3.82. The van der Waals surface area contributed by atoms with E-state index in [1.807, 2.05) is 0 Å². The first-order chi connectivity index (χ1) is 12.0. The van der Waals surface area contributed by atoms with E-state index in [4.69, 9.17) is 4.74 Å². The van der Waals surface area contributed by atoms with Crippen molar-refractivity contribution in [2.24, 2.45) is 5.41 Å². The molecule has 132 valence electrons. The fourth-order valence-electron chi connectivity index (χ4n) is 4.26. The predicted molar refractivity (Wildman–Crippen MR) is 105 cm³/mol. The van der Waals surface area contributed by atoms with Gasteiger partial charge in [0.15, 0.2) is 0 Å². The third-order valence-corrected chi connectivity index (χ3v) is 5.54. The number of anilines is 2. The van der Waals surface area contributed by atoms with Crippen LogP contribution in [-0.2, 0) is 11.2 Å². The summed E-state index contributed by atoms with van der Waals surface area (Å²) in [6.45, 7) is 10.6. The molecule has 0 spiro atoms. The van der Waals surface area contributed by atoms with E-state index in [1.165, 1.54) is 28.1 Å². The Balaban J connectivity index is 1.70. The van der Waals surface area contributed by atoms with Gasteiger partial charge in [-0.3, -0.25) is 0 Å². The molecular formula is C22H28N2O. The number of aryl methyl sites for hydroxylation is 1. The Morgan fingerprint density at radius 3 is 2.64 bits per heavy atom. The molecule has 3 heteroatoms. The molecule has 0 amide bonds. The van der Waals surface area contributed by atoms with Crippen LogP contribution in [0.2, 0.25) is 0 Å². The van der Waals surface area contributed by atoms with E-state index in [-0.39, 0.29) is 5.41 Å². The molecule has 0 aliphatic carbocycles. The molecule has 2 aromatic rings. The van der Waals surface area contributed by atoms with E-state index in [0.717, 1.165) is 32.7 Å². The second kappa shape index (κ2) is 6.38. The van der Waals surface area contributed by atoms with Gasteiger partial charge in [0.2, 0.25) is 0 Å². The molecule has 0 aromatic heterocycles. The number of nitrogens with one attached hydrogen (secondary N) is 1. The third-order valence-electron chi connectivity index (χ3n) is 5.54. The molecule has 4 rings (SSSR count). The van der Waals surface area contributed by atoms with Gasteiger partial charge in [-0.25, -0.2) is 0 Å². The third kappa shape index (κ3) is 3.25. The SMILES string of the molecule is Cc1cc(C2Nc3ccccc3CC2(C)C)cc(N2CCOCC2)c1. The van der Waals surface area contributed by atoms with Gasteiger partial charge in [-0.1, -0.05) is 38.1 Å². The van der Waals surface area contributed by atoms with Crippen molar-refractivity contribution in [1.82, 2.24) is 0 Å². The van der Waals surface area contributed by atoms with Crippen LogP contribution in [0.1, 0.15) is 36.6 Å². The van der Waals surface area contributed by atoms with Crippen molar-refractivity contribution in [2.45, 2.75) is 33.2 Å². The molecule has 1 unspecified atom stereocenters. The van der Waals surface area contributed by atoms with E-state index in [9.17, 15) is 0 Å². The van der Waals surface area contributed by atoms with Crippen LogP contribution in [0.25, 0.3) is 0 Å². The average molecular weight is 336 g/mol. The molecule has 2 aromatic carbocycles. The lowest BCUT2D eigenvalue weighted by Gasteiger charge is -2.42. The van der Waals surface area contributed by atoms with Crippen LogP contribution in [0.15, 0.2) is 42.5 Å². The number of ether oxygens (including phenoxy) is 1. The molecular weight excluding hydrogens is 308 g/mol. The van der Waals surface area contributed by atoms with Gasteiger partial charge in [0.05, 0.1) is 19.3 Å². The molecule has 1 N–H and O–H groups in total. The van der Waals surface area contributed by atoms with Crippen molar-refractivity contribution in [3.63, 3.8) is 0 Å². The zero-order chi connectivity index (χ0) is 17.4. The second-order valence-corrected chi connectivity index (χ2v) is 8.10. The number of morpholine rings is 1. The first-order valence-corrected chi connectivity index (χ1v) is 9.32. The molecule has 3 nitrogen and oxygen atoms in total. The maximum absolute atomic E-state index is 5.52. The number of benzene rings is 2. The molecule has 0 bridgehead atoms. The van der Waals surface area contributed by atoms with Gasteiger partial charge in [-0.2, -0.15) is 0 Å². The molecule has 0 saturated carbocycles. The highest BCUT2D eigenvalue weighted by molar-refractivity contribution is 5.59. The lowest BCUT2D eigenvalue weighted by atomic mass is 9.72. The van der Waals surface area contributed by atoms with Gasteiger partial charge in [0, 0.05) is 24.5 Å². The van der Waals surface area contributed by atoms with Crippen LogP contribution < -0.4 is 10.2 Å². The van der Waals surface area contributed by atoms with Crippen LogP contribution in [0, 0.1) is 12.3 Å². The van der Waals surface area contributed by atoms with E-state index in [2.05, 4.69) is 73.5 Å². The van der Waals surface area contributed by atoms with Gasteiger partial charge in [-0.05, 0) is 53.6 Å². The summed E-state index contributed by atoms with van der Waals surface area (Å²) in [6, 6.07) is 16.1. The van der Waals surface area contributed by atoms with Crippen LogP contribution >= 0.6 is 0 Å². The number of hydrogen-bond donors (Lipinski definition) is 1. The fraction of sp³-hybridized carbons (Fsp3) is 0.455. The van der Waals surface area contributed by atoms with E-state index < -0.39 is 0 Å². The highest BCUT2D eigenvalue weighted by Gasteiger charge is 2.36. The summed E-state index contributed by atoms with van der Waals surface area (Å²) in [4.78, 5) is 2.45. The van der Waals surface area contributed by atoms with Gasteiger partial charge in [0.25, 0.3) is 0 Å². The van der Waals surface area contributed by atoms with Crippen molar-refractivity contribution in [2.75, 3.05) is 36.5 Å². The van der Waals surface area contributed by atoms with Crippen molar-refractivity contribution < 1.29 is 4.74 Å². The molecule has 25 heavy (non-hydrogen) atoms. The summed E-state index contributed by atoms with van der Waals surface area (Å²) in [7, 11) is 0. The Hall–Kier alpha value is -2.00. The number of nitrogens with zero attached hydrogens (tertiary/aromatic N) is 1. The highest BCUT2D eigenvalue weighted by atomic mass is 16.5. The van der Waals surface area contributed by atoms with Crippen molar-refractivity contribution in [3.05, 3.63) is 59.2 Å². The Morgan fingerprint density at radius 1 is 1.08 bits per heavy atom. The number of fused-ring (bicyclic) bond motifs is 1. The van der Waals surface area contributed by atoms with Crippen LogP contribution in [0.5, 0.6) is 0 Å². The quantitative estimate of drug-likeness (QED) is 0.869. The van der Waals surface area contributed by atoms with Crippen LogP contribution in [0.4, 0.5) is 11.4 Å². The Kier molecular flexibility index (Phi) is 4.20. The van der Waals surface area contributed by atoms with Gasteiger partial charge in [0.1, 0.15) is 0 Å². The first kappa shape index (κ1) is 16.5. The Labute approximate surface area is 151 Å². The zero-order valence-electron chi connectivity index (χ0n) is 15.5. The fourth-order valence-corrected chi connectivity index (χ4v) is 4.26. The minimum atomic E-state index is 0.171. The molecule has 1 saturated heterocycles. The first-order valence-electron chi connectivity index (χ1n) is 9.32. The van der Waals surface area contributed by atoms with Gasteiger partial charge in [-0.15, -0.1) is 0 Å². The minimum Gasteiger partial charge on any atom is -0.378 e. The summed E-state index contributed by atoms with van der Waals surface area (Å²) >= 11 is 0. The highest BCUT2D eigenvalue weighted by Crippen LogP contribution is 2.45. The smallest absolute Gasteiger partial charge is 0.0642 e. The average Bonchev–Trinajstić information content (AvgIpc) is 2.60. The Morgan fingerprint density at radius 2 is 1.84 bits per heavy atom. The monoisotopic (exact) mass is 336 g/mol. The summed E-state index contributed by atoms with van der Waals surface area (Å²) in [6.07, 6.45) is 1.10. The molecule has 2 heterocycles. The standard InChI is InChI=1S/C22H28N2O/c1-16-12-18(14-19(13-16)24-8-10-25-11-9-24)21-22(2,3)15-17-6-4-5-7-20(17)23-21/h4-7,12-14,21,23H,8-11,15H2,1-3H3. The molecule has 2 aliphatic heterocycles. The second-order valence-electron chi connectivity index (χ2n) is 8.10. The maximum Gasteiger partial charge on any atom is 0.0642 e. The lowest BCUT2D eigenvalue weighted by Crippen LogP contribution is -2.37. The van der Waals surface area contributed by atoms with Crippen molar-refractivity contribution in [3.8, 4) is 0 Å². The Bertz CT molecular complexity index is 762. The summed E-state index contributed by atoms with van der Waals surface area (Å²) in [5.41, 5.74) is 6.92. The van der Waals surface area contributed by atoms with Crippen molar-refractivity contribution in [1.29, 1.82) is 0 Å². The van der Waals surface area contributed by atoms with Gasteiger partial charge < -0.3 is 15.0 Å². The van der Waals surface area contributed by atoms with Crippen LogP contribution in [-0.4, -0.2) is 26.3 Å². The van der Waals surface area contributed by atoms with E-state index in [0.29, 0.717) is 6.04 Å². The summed E-state index contributed by atoms with van der Waals surface area (Å²) < 4.78 is 5.52. The predicted octanol–water partition coefficient (Wildman–Crippen LogP) is 4.57. The molecule has 2 aliphatic rings. The van der Waals surface area contributed by atoms with Crippen LogP contribution in [0.3, 0.4) is 0 Å². The topological polar surface area (TPSA) is 24.5 Å².